The molecule has 0 bridgehead atoms. The maximum Gasteiger partial charge on any atom is 0.573 e. The van der Waals surface area contributed by atoms with Crippen LogP contribution >= 0.6 is 0 Å². The van der Waals surface area contributed by atoms with Crippen LogP contribution < -0.4 is 20.1 Å². The molecule has 0 spiro atoms. The van der Waals surface area contributed by atoms with Crippen molar-refractivity contribution < 1.29 is 32.5 Å². The molecule has 0 radical (unpaired) electrons. The first-order chi connectivity index (χ1) is 17.7. The molecule has 0 aliphatic carbocycles. The summed E-state index contributed by atoms with van der Waals surface area (Å²) in [4.78, 5) is 23.9. The van der Waals surface area contributed by atoms with Crippen LogP contribution in [0.25, 0.3) is 11.3 Å². The molecule has 0 aliphatic rings. The van der Waals surface area contributed by atoms with Gasteiger partial charge in [0.25, 0.3) is 0 Å². The summed E-state index contributed by atoms with van der Waals surface area (Å²) < 4.78 is 46.2. The Morgan fingerprint density at radius 3 is 2.54 bits per heavy atom. The number of benzene rings is 2. The lowest BCUT2D eigenvalue weighted by atomic mass is 10.1. The number of halogens is 3. The second-order valence-corrected chi connectivity index (χ2v) is 7.85. The first-order valence-electron chi connectivity index (χ1n) is 11.0. The topological polar surface area (TPSA) is 121 Å². The largest absolute Gasteiger partial charge is 0.573 e. The second kappa shape index (κ2) is 11.0. The molecule has 4 aromatic rings. The summed E-state index contributed by atoms with van der Waals surface area (Å²) in [6, 6.07) is 15.1. The molecule has 2 aromatic heterocycles. The Hall–Kier alpha value is -4.58. The summed E-state index contributed by atoms with van der Waals surface area (Å²) in [7, 11) is 0. The Kier molecular flexibility index (Phi) is 7.58. The van der Waals surface area contributed by atoms with Gasteiger partial charge in [-0.1, -0.05) is 30.3 Å². The van der Waals surface area contributed by atoms with Gasteiger partial charge < -0.3 is 30.2 Å². The van der Waals surface area contributed by atoms with Crippen LogP contribution in [-0.4, -0.2) is 39.1 Å². The molecule has 1 atom stereocenters. The van der Waals surface area contributed by atoms with Crippen LogP contribution in [0.4, 0.5) is 29.6 Å². The Morgan fingerprint density at radius 2 is 1.86 bits per heavy atom. The van der Waals surface area contributed by atoms with Crippen molar-refractivity contribution in [3.63, 3.8) is 0 Å². The zero-order chi connectivity index (χ0) is 26.4. The standard InChI is InChI=1S/C25H22F3N5O4/c1-15-12-30-23(31-18-7-9-19(10-8-18)37-25(26,27)28)33-22(15)17-11-21(29-13-17)36-24(35)32-20(14-34)16-5-3-2-4-6-16/h2-13,20,29,34H,14H2,1H3,(H,32,35)(H,30,31,33). The van der Waals surface area contributed by atoms with Crippen LogP contribution in [0.1, 0.15) is 17.2 Å². The third-order valence-electron chi connectivity index (χ3n) is 5.12. The number of alkyl halides is 3. The number of nitrogens with zero attached hydrogens (tertiary/aromatic N) is 2. The van der Waals surface area contributed by atoms with E-state index in [0.29, 0.717) is 16.9 Å². The van der Waals surface area contributed by atoms with Crippen LogP contribution in [0.3, 0.4) is 0 Å². The molecule has 1 amide bonds. The van der Waals surface area contributed by atoms with E-state index in [1.54, 1.807) is 49.6 Å². The predicted molar refractivity (Wildman–Crippen MR) is 128 cm³/mol. The number of H-pyrrole nitrogens is 1. The number of nitrogens with one attached hydrogen (secondary N) is 3. The van der Waals surface area contributed by atoms with E-state index in [1.807, 2.05) is 6.07 Å². The summed E-state index contributed by atoms with van der Waals surface area (Å²) >= 11 is 0. The zero-order valence-corrected chi connectivity index (χ0v) is 19.4. The SMILES string of the molecule is Cc1cnc(Nc2ccc(OC(F)(F)F)cc2)nc1-c1c[nH]c(OC(=O)NC(CO)c2ccccc2)c1. The Morgan fingerprint density at radius 1 is 1.14 bits per heavy atom. The first kappa shape index (κ1) is 25.5. The average Bonchev–Trinajstić information content (AvgIpc) is 3.32. The highest BCUT2D eigenvalue weighted by atomic mass is 19.4. The molecule has 1 unspecified atom stereocenters. The van der Waals surface area contributed by atoms with Gasteiger partial charge in [0.1, 0.15) is 5.75 Å². The van der Waals surface area contributed by atoms with Gasteiger partial charge in [-0.2, -0.15) is 0 Å². The van der Waals surface area contributed by atoms with Crippen molar-refractivity contribution >= 4 is 17.7 Å². The van der Waals surface area contributed by atoms with Gasteiger partial charge in [-0.25, -0.2) is 14.8 Å². The van der Waals surface area contributed by atoms with E-state index in [0.717, 1.165) is 11.1 Å². The lowest BCUT2D eigenvalue weighted by molar-refractivity contribution is -0.274. The van der Waals surface area contributed by atoms with Crippen molar-refractivity contribution in [3.8, 4) is 22.9 Å². The van der Waals surface area contributed by atoms with Crippen molar-refractivity contribution in [2.45, 2.75) is 19.3 Å². The smallest absolute Gasteiger partial charge is 0.406 e. The third-order valence-corrected chi connectivity index (χ3v) is 5.12. The Balaban J connectivity index is 1.42. The molecule has 0 saturated heterocycles. The van der Waals surface area contributed by atoms with Crippen LogP contribution in [0, 0.1) is 6.92 Å². The lowest BCUT2D eigenvalue weighted by Crippen LogP contribution is -2.33. The van der Waals surface area contributed by atoms with Crippen molar-refractivity contribution in [3.05, 3.63) is 84.2 Å². The Labute approximate surface area is 209 Å². The molecule has 192 valence electrons. The fourth-order valence-electron chi connectivity index (χ4n) is 3.42. The molecule has 37 heavy (non-hydrogen) atoms. The van der Waals surface area contributed by atoms with Gasteiger partial charge in [0, 0.05) is 29.7 Å². The van der Waals surface area contributed by atoms with Crippen LogP contribution in [0.5, 0.6) is 11.6 Å². The third kappa shape index (κ3) is 6.98. The number of aromatic nitrogens is 3. The predicted octanol–water partition coefficient (Wildman–Crippen LogP) is 5.24. The number of ether oxygens (including phenoxy) is 2. The number of amides is 1. The van der Waals surface area contributed by atoms with Gasteiger partial charge in [-0.15, -0.1) is 13.2 Å². The quantitative estimate of drug-likeness (QED) is 0.254. The number of carbonyl (C=O) groups is 1. The van der Waals surface area contributed by atoms with E-state index in [1.165, 1.54) is 24.3 Å². The van der Waals surface area contributed by atoms with E-state index >= 15 is 0 Å². The summed E-state index contributed by atoms with van der Waals surface area (Å²) in [6.45, 7) is 1.50. The number of aryl methyl sites for hydroxylation is 1. The minimum atomic E-state index is -4.77. The number of hydrogen-bond donors (Lipinski definition) is 4. The molecule has 0 fully saturated rings. The molecule has 4 rings (SSSR count). The first-order valence-corrected chi connectivity index (χ1v) is 11.0. The summed E-state index contributed by atoms with van der Waals surface area (Å²) in [5.41, 5.74) is 3.07. The second-order valence-electron chi connectivity index (χ2n) is 7.85. The van der Waals surface area contributed by atoms with Gasteiger partial charge in [0.2, 0.25) is 11.8 Å². The minimum absolute atomic E-state index is 0.157. The van der Waals surface area contributed by atoms with E-state index < -0.39 is 18.5 Å². The van der Waals surface area contributed by atoms with E-state index in [4.69, 9.17) is 4.74 Å². The maximum absolute atomic E-state index is 12.4. The lowest BCUT2D eigenvalue weighted by Gasteiger charge is -2.15. The number of hydrogen-bond acceptors (Lipinski definition) is 7. The van der Waals surface area contributed by atoms with E-state index in [9.17, 15) is 23.1 Å². The van der Waals surface area contributed by atoms with Crippen molar-refractivity contribution in [1.29, 1.82) is 0 Å². The summed E-state index contributed by atoms with van der Waals surface area (Å²) in [6.07, 6.45) is -2.34. The highest BCUT2D eigenvalue weighted by molar-refractivity contribution is 5.72. The molecule has 0 saturated carbocycles. The van der Waals surface area contributed by atoms with Crippen molar-refractivity contribution in [2.24, 2.45) is 0 Å². The fraction of sp³-hybridized carbons (Fsp3) is 0.160. The number of anilines is 2. The van der Waals surface area contributed by atoms with E-state index in [2.05, 4.69) is 30.3 Å². The summed E-state index contributed by atoms with van der Waals surface area (Å²) in [5, 5.41) is 15.2. The van der Waals surface area contributed by atoms with Crippen LogP contribution in [0.15, 0.2) is 73.1 Å². The normalized spacial score (nSPS) is 12.0. The van der Waals surface area contributed by atoms with E-state index in [-0.39, 0.29) is 24.2 Å². The number of aliphatic hydroxyl groups excluding tert-OH is 1. The minimum Gasteiger partial charge on any atom is -0.406 e. The number of rotatable bonds is 8. The molecule has 12 heteroatoms. The van der Waals surface area contributed by atoms with Crippen LogP contribution in [-0.2, 0) is 0 Å². The van der Waals surface area contributed by atoms with Gasteiger partial charge in [0.05, 0.1) is 18.3 Å². The van der Waals surface area contributed by atoms with Gasteiger partial charge >= 0.3 is 12.5 Å². The average molecular weight is 513 g/mol. The molecule has 2 aromatic carbocycles. The molecule has 4 N–H and O–H groups in total. The molecular formula is C25H22F3N5O4. The molecule has 9 nitrogen and oxygen atoms in total. The van der Waals surface area contributed by atoms with Gasteiger partial charge in [0.15, 0.2) is 0 Å². The Bertz CT molecular complexity index is 1340. The molecular weight excluding hydrogens is 491 g/mol. The fourth-order valence-corrected chi connectivity index (χ4v) is 3.42. The highest BCUT2D eigenvalue weighted by Crippen LogP contribution is 2.28. The van der Waals surface area contributed by atoms with Gasteiger partial charge in [-0.3, -0.25) is 0 Å². The zero-order valence-electron chi connectivity index (χ0n) is 19.4. The number of aliphatic hydroxyl groups is 1. The molecule has 0 aliphatic heterocycles. The number of carbonyl (C=O) groups excluding carboxylic acids is 1. The summed E-state index contributed by atoms with van der Waals surface area (Å²) in [5.74, 6) is 0.0201. The van der Waals surface area contributed by atoms with Crippen LogP contribution in [0.2, 0.25) is 0 Å². The molecule has 2 heterocycles. The highest BCUT2D eigenvalue weighted by Gasteiger charge is 2.31. The van der Waals surface area contributed by atoms with Crippen molar-refractivity contribution in [2.75, 3.05) is 11.9 Å². The van der Waals surface area contributed by atoms with Gasteiger partial charge in [-0.05, 0) is 42.3 Å². The monoisotopic (exact) mass is 513 g/mol. The number of aromatic amines is 1. The maximum atomic E-state index is 12.4. The van der Waals surface area contributed by atoms with Crippen molar-refractivity contribution in [1.82, 2.24) is 20.3 Å².